The first-order chi connectivity index (χ1) is 4.86. The SMILES string of the molecule is C[n+]1nc2ccccc2[nH]1. The molecule has 0 saturated carbocycles. The first kappa shape index (κ1) is 5.41. The van der Waals surface area contributed by atoms with Crippen LogP contribution in [0, 0.1) is 0 Å². The van der Waals surface area contributed by atoms with Gasteiger partial charge in [-0.15, -0.1) is 5.10 Å². The Hall–Kier alpha value is -1.38. The number of benzene rings is 1. The first-order valence-corrected chi connectivity index (χ1v) is 3.17. The van der Waals surface area contributed by atoms with Gasteiger partial charge in [-0.25, -0.2) is 0 Å². The molecule has 0 bridgehead atoms. The summed E-state index contributed by atoms with van der Waals surface area (Å²) in [6.45, 7) is 0. The number of H-pyrrole nitrogens is 1. The van der Waals surface area contributed by atoms with Crippen LogP contribution >= 0.6 is 0 Å². The highest BCUT2D eigenvalue weighted by atomic mass is 15.4. The van der Waals surface area contributed by atoms with Crippen molar-refractivity contribution in [2.75, 3.05) is 0 Å². The molecule has 1 aromatic carbocycles. The fourth-order valence-corrected chi connectivity index (χ4v) is 1.02. The molecule has 1 aromatic heterocycles. The molecule has 3 heteroatoms. The Morgan fingerprint density at radius 1 is 1.40 bits per heavy atom. The fourth-order valence-electron chi connectivity index (χ4n) is 1.02. The third-order valence-electron chi connectivity index (χ3n) is 1.44. The number of nitrogens with one attached hydrogen (secondary N) is 1. The number of fused-ring (bicyclic) bond motifs is 1. The fraction of sp³-hybridized carbons (Fsp3) is 0.143. The predicted octanol–water partition coefficient (Wildman–Crippen LogP) is 0.387. The number of hydrogen-bond acceptors (Lipinski definition) is 1. The highest BCUT2D eigenvalue weighted by molar-refractivity contribution is 5.71. The van der Waals surface area contributed by atoms with E-state index in [1.54, 1.807) is 4.80 Å². The number of aryl methyl sites for hydroxylation is 1. The molecule has 2 rings (SSSR count). The van der Waals surface area contributed by atoms with Crippen molar-refractivity contribution < 1.29 is 4.80 Å². The van der Waals surface area contributed by atoms with Crippen molar-refractivity contribution in [1.29, 1.82) is 0 Å². The third kappa shape index (κ3) is 0.673. The van der Waals surface area contributed by atoms with Gasteiger partial charge in [0.1, 0.15) is 5.52 Å². The summed E-state index contributed by atoms with van der Waals surface area (Å²) in [6.07, 6.45) is 0. The van der Waals surface area contributed by atoms with Gasteiger partial charge >= 0.3 is 0 Å². The second-order valence-corrected chi connectivity index (χ2v) is 2.25. The van der Waals surface area contributed by atoms with E-state index in [9.17, 15) is 0 Å². The topological polar surface area (TPSA) is 32.6 Å². The Kier molecular flexibility index (Phi) is 0.974. The third-order valence-corrected chi connectivity index (χ3v) is 1.44. The van der Waals surface area contributed by atoms with Gasteiger partial charge in [-0.3, -0.25) is 0 Å². The van der Waals surface area contributed by atoms with Gasteiger partial charge in [0.25, 0.3) is 0 Å². The van der Waals surface area contributed by atoms with Crippen LogP contribution in [0.15, 0.2) is 24.3 Å². The quantitative estimate of drug-likeness (QED) is 0.519. The van der Waals surface area contributed by atoms with E-state index in [1.165, 1.54) is 0 Å². The summed E-state index contributed by atoms with van der Waals surface area (Å²) in [5.74, 6) is 0. The highest BCUT2D eigenvalue weighted by Gasteiger charge is 2.00. The van der Waals surface area contributed by atoms with E-state index < -0.39 is 0 Å². The summed E-state index contributed by atoms with van der Waals surface area (Å²) in [5.41, 5.74) is 2.08. The van der Waals surface area contributed by atoms with Crippen LogP contribution in [0.5, 0.6) is 0 Å². The minimum Gasteiger partial charge on any atom is -0.139 e. The van der Waals surface area contributed by atoms with Crippen LogP contribution in [0.4, 0.5) is 0 Å². The number of hydrogen-bond donors (Lipinski definition) is 1. The van der Waals surface area contributed by atoms with E-state index in [-0.39, 0.29) is 0 Å². The summed E-state index contributed by atoms with van der Waals surface area (Å²) >= 11 is 0. The predicted molar refractivity (Wildman–Crippen MR) is 37.3 cm³/mol. The Bertz CT molecular complexity index is 317. The number of aromatic amines is 1. The molecular formula is C7H8N3+. The maximum absolute atomic E-state index is 4.17. The van der Waals surface area contributed by atoms with Crippen molar-refractivity contribution in [3.8, 4) is 0 Å². The van der Waals surface area contributed by atoms with Crippen LogP contribution in [0.2, 0.25) is 0 Å². The van der Waals surface area contributed by atoms with E-state index >= 15 is 0 Å². The smallest absolute Gasteiger partial charge is 0.139 e. The van der Waals surface area contributed by atoms with Crippen molar-refractivity contribution in [2.24, 2.45) is 7.05 Å². The first-order valence-electron chi connectivity index (χ1n) is 3.17. The van der Waals surface area contributed by atoms with Gasteiger partial charge in [-0.05, 0) is 16.9 Å². The molecule has 0 unspecified atom stereocenters. The lowest BCUT2D eigenvalue weighted by atomic mass is 10.3. The second-order valence-electron chi connectivity index (χ2n) is 2.25. The lowest BCUT2D eigenvalue weighted by molar-refractivity contribution is -0.778. The molecule has 1 N–H and O–H groups in total. The summed E-state index contributed by atoms with van der Waals surface area (Å²) in [6, 6.07) is 7.94. The maximum atomic E-state index is 4.17. The summed E-state index contributed by atoms with van der Waals surface area (Å²) < 4.78 is 0. The Balaban J connectivity index is 2.88. The monoisotopic (exact) mass is 134 g/mol. The lowest BCUT2D eigenvalue weighted by Crippen LogP contribution is -2.32. The zero-order chi connectivity index (χ0) is 6.97. The van der Waals surface area contributed by atoms with E-state index in [2.05, 4.69) is 10.2 Å². The summed E-state index contributed by atoms with van der Waals surface area (Å²) in [5, 5.41) is 7.24. The Morgan fingerprint density at radius 2 is 2.20 bits per heavy atom. The zero-order valence-electron chi connectivity index (χ0n) is 5.70. The molecule has 0 fully saturated rings. The minimum absolute atomic E-state index is 1.00. The van der Waals surface area contributed by atoms with Gasteiger partial charge in [0, 0.05) is 5.10 Å². The molecule has 1 heterocycles. The van der Waals surface area contributed by atoms with Crippen LogP contribution in [0.1, 0.15) is 0 Å². The van der Waals surface area contributed by atoms with Crippen molar-refractivity contribution in [3.63, 3.8) is 0 Å². The van der Waals surface area contributed by atoms with Gasteiger partial charge in [-0.2, -0.15) is 0 Å². The molecule has 0 spiro atoms. The molecule has 0 atom stereocenters. The van der Waals surface area contributed by atoms with Gasteiger partial charge in [0.2, 0.25) is 0 Å². The standard InChI is InChI=1S/C7H7N3/c1-10-8-6-4-2-3-5-7(6)9-10/h2-5H,1H3/p+1. The Morgan fingerprint density at radius 3 is 3.00 bits per heavy atom. The van der Waals surface area contributed by atoms with Gasteiger partial charge in [0.05, 0.1) is 0 Å². The molecule has 0 amide bonds. The van der Waals surface area contributed by atoms with Crippen molar-refractivity contribution in [1.82, 2.24) is 10.2 Å². The number of rotatable bonds is 0. The van der Waals surface area contributed by atoms with E-state index in [0.29, 0.717) is 0 Å². The van der Waals surface area contributed by atoms with E-state index in [4.69, 9.17) is 0 Å². The molecular weight excluding hydrogens is 126 g/mol. The Labute approximate surface area is 58.3 Å². The summed E-state index contributed by atoms with van der Waals surface area (Å²) in [4.78, 5) is 1.70. The minimum atomic E-state index is 1.00. The van der Waals surface area contributed by atoms with Crippen molar-refractivity contribution >= 4 is 11.0 Å². The molecule has 3 nitrogen and oxygen atoms in total. The van der Waals surface area contributed by atoms with E-state index in [0.717, 1.165) is 11.0 Å². The molecule has 0 aliphatic rings. The number of aromatic nitrogens is 3. The van der Waals surface area contributed by atoms with Crippen molar-refractivity contribution in [3.05, 3.63) is 24.3 Å². The van der Waals surface area contributed by atoms with Crippen LogP contribution in [-0.2, 0) is 7.05 Å². The van der Waals surface area contributed by atoms with Crippen LogP contribution < -0.4 is 4.80 Å². The van der Waals surface area contributed by atoms with Crippen LogP contribution in [0.3, 0.4) is 0 Å². The average molecular weight is 134 g/mol. The van der Waals surface area contributed by atoms with Gasteiger partial charge in [0.15, 0.2) is 12.6 Å². The summed E-state index contributed by atoms with van der Waals surface area (Å²) in [7, 11) is 1.88. The average Bonchev–Trinajstić information content (AvgIpc) is 2.27. The molecule has 2 aromatic rings. The molecule has 0 radical (unpaired) electrons. The van der Waals surface area contributed by atoms with Gasteiger partial charge < -0.3 is 0 Å². The second kappa shape index (κ2) is 1.80. The molecule has 10 heavy (non-hydrogen) atoms. The maximum Gasteiger partial charge on any atom is 0.191 e. The molecule has 0 saturated heterocycles. The number of nitrogens with zero attached hydrogens (tertiary/aromatic N) is 2. The van der Waals surface area contributed by atoms with Crippen LogP contribution in [-0.4, -0.2) is 10.2 Å². The molecule has 50 valence electrons. The normalized spacial score (nSPS) is 10.5. The van der Waals surface area contributed by atoms with E-state index in [1.807, 2.05) is 31.3 Å². The molecule has 0 aliphatic heterocycles. The van der Waals surface area contributed by atoms with Crippen molar-refractivity contribution in [2.45, 2.75) is 0 Å². The lowest BCUT2D eigenvalue weighted by Gasteiger charge is -1.76. The van der Waals surface area contributed by atoms with Gasteiger partial charge in [-0.1, -0.05) is 12.1 Å². The largest absolute Gasteiger partial charge is 0.191 e. The zero-order valence-corrected chi connectivity index (χ0v) is 5.70. The molecule has 0 aliphatic carbocycles. The number of para-hydroxylation sites is 1. The highest BCUT2D eigenvalue weighted by Crippen LogP contribution is 2.02. The van der Waals surface area contributed by atoms with Crippen LogP contribution in [0.25, 0.3) is 11.0 Å².